The molecule has 2 N–H and O–H groups in total. The van der Waals surface area contributed by atoms with Crippen LogP contribution in [0.2, 0.25) is 0 Å². The summed E-state index contributed by atoms with van der Waals surface area (Å²) in [5, 5.41) is 4.35. The van der Waals surface area contributed by atoms with E-state index in [-0.39, 0.29) is 12.0 Å². The molecule has 2 aromatic carbocycles. The zero-order valence-corrected chi connectivity index (χ0v) is 13.3. The Morgan fingerprint density at radius 1 is 1.13 bits per heavy atom. The maximum Gasteiger partial charge on any atom is 0.355 e. The molecule has 0 spiro atoms. The first-order valence-corrected chi connectivity index (χ1v) is 7.76. The van der Waals surface area contributed by atoms with Gasteiger partial charge in [-0.05, 0) is 25.6 Å². The highest BCUT2D eigenvalue weighted by molar-refractivity contribution is 5.99. The second kappa shape index (κ2) is 6.67. The van der Waals surface area contributed by atoms with E-state index < -0.39 is 0 Å². The number of carbonyl (C=O) groups excluding carboxylic acids is 1. The number of rotatable bonds is 5. The van der Waals surface area contributed by atoms with Crippen LogP contribution in [0.3, 0.4) is 0 Å². The Kier molecular flexibility index (Phi) is 4.44. The number of carbonyl (C=O) groups is 1. The topological polar surface area (TPSA) is 54.1 Å². The van der Waals surface area contributed by atoms with Gasteiger partial charge in [0.25, 0.3) is 0 Å². The number of fused-ring (bicyclic) bond motifs is 1. The van der Waals surface area contributed by atoms with Crippen LogP contribution in [-0.2, 0) is 4.74 Å². The number of aromatic amines is 1. The van der Waals surface area contributed by atoms with Gasteiger partial charge in [-0.1, -0.05) is 48.5 Å². The van der Waals surface area contributed by atoms with Crippen LogP contribution in [0.4, 0.5) is 0 Å². The predicted molar refractivity (Wildman–Crippen MR) is 91.6 cm³/mol. The molecule has 0 aliphatic rings. The number of benzene rings is 2. The molecule has 3 aromatic rings. The van der Waals surface area contributed by atoms with Gasteiger partial charge in [0.1, 0.15) is 5.69 Å². The molecule has 1 aromatic heterocycles. The van der Waals surface area contributed by atoms with Crippen LogP contribution in [0.1, 0.15) is 34.6 Å². The highest BCUT2D eigenvalue weighted by Crippen LogP contribution is 2.32. The minimum atomic E-state index is -0.324. The summed E-state index contributed by atoms with van der Waals surface area (Å²) in [6, 6.07) is 17.9. The van der Waals surface area contributed by atoms with Crippen LogP contribution in [0.25, 0.3) is 10.9 Å². The van der Waals surface area contributed by atoms with Crippen molar-refractivity contribution in [1.82, 2.24) is 10.3 Å². The second-order valence-corrected chi connectivity index (χ2v) is 5.31. The fraction of sp³-hybridized carbons (Fsp3) is 0.211. The summed E-state index contributed by atoms with van der Waals surface area (Å²) >= 11 is 0. The van der Waals surface area contributed by atoms with E-state index in [2.05, 4.69) is 22.4 Å². The standard InChI is InChI=1S/C19H20N2O2/c1-3-23-19(22)18-16(14-11-7-8-12-15(14)21-18)17(20-2)13-9-5-4-6-10-13/h4-12,17,20-21H,3H2,1-2H3. The van der Waals surface area contributed by atoms with Crippen molar-refractivity contribution in [3.8, 4) is 0 Å². The van der Waals surface area contributed by atoms with E-state index in [4.69, 9.17) is 4.74 Å². The number of nitrogens with one attached hydrogen (secondary N) is 2. The van der Waals surface area contributed by atoms with E-state index in [1.807, 2.05) is 56.4 Å². The Bertz CT molecular complexity index is 809. The molecular formula is C19H20N2O2. The first-order valence-electron chi connectivity index (χ1n) is 7.76. The Labute approximate surface area is 135 Å². The number of H-pyrrole nitrogens is 1. The third-order valence-electron chi connectivity index (χ3n) is 3.94. The Hall–Kier alpha value is -2.59. The molecule has 1 heterocycles. The fourth-order valence-corrected chi connectivity index (χ4v) is 2.95. The van der Waals surface area contributed by atoms with Gasteiger partial charge in [0, 0.05) is 16.5 Å². The lowest BCUT2D eigenvalue weighted by Crippen LogP contribution is -2.20. The van der Waals surface area contributed by atoms with Gasteiger partial charge in [0.15, 0.2) is 0 Å². The molecule has 118 valence electrons. The number of para-hydroxylation sites is 1. The van der Waals surface area contributed by atoms with Crippen molar-refractivity contribution in [2.24, 2.45) is 0 Å². The van der Waals surface area contributed by atoms with E-state index in [1.54, 1.807) is 0 Å². The van der Waals surface area contributed by atoms with Gasteiger partial charge in [0.2, 0.25) is 0 Å². The van der Waals surface area contributed by atoms with Crippen molar-refractivity contribution >= 4 is 16.9 Å². The molecule has 23 heavy (non-hydrogen) atoms. The molecule has 0 radical (unpaired) electrons. The van der Waals surface area contributed by atoms with Crippen LogP contribution in [0.5, 0.6) is 0 Å². The predicted octanol–water partition coefficient (Wildman–Crippen LogP) is 3.65. The van der Waals surface area contributed by atoms with Gasteiger partial charge in [-0.25, -0.2) is 4.79 Å². The van der Waals surface area contributed by atoms with Crippen LogP contribution >= 0.6 is 0 Å². The molecule has 0 bridgehead atoms. The maximum atomic E-state index is 12.4. The first-order chi connectivity index (χ1) is 11.3. The van der Waals surface area contributed by atoms with Crippen LogP contribution in [0.15, 0.2) is 54.6 Å². The summed E-state index contributed by atoms with van der Waals surface area (Å²) in [7, 11) is 1.90. The quantitative estimate of drug-likeness (QED) is 0.707. The normalized spacial score (nSPS) is 12.3. The Morgan fingerprint density at radius 2 is 1.83 bits per heavy atom. The molecule has 3 rings (SSSR count). The van der Waals surface area contributed by atoms with Crippen molar-refractivity contribution < 1.29 is 9.53 Å². The Morgan fingerprint density at radius 3 is 2.52 bits per heavy atom. The molecule has 1 unspecified atom stereocenters. The van der Waals surface area contributed by atoms with E-state index in [0.717, 1.165) is 22.0 Å². The van der Waals surface area contributed by atoms with Crippen LogP contribution < -0.4 is 5.32 Å². The molecule has 4 heteroatoms. The average molecular weight is 308 g/mol. The lowest BCUT2D eigenvalue weighted by atomic mass is 9.96. The molecule has 0 saturated carbocycles. The highest BCUT2D eigenvalue weighted by atomic mass is 16.5. The lowest BCUT2D eigenvalue weighted by molar-refractivity contribution is 0.0519. The van der Waals surface area contributed by atoms with Gasteiger partial charge in [-0.2, -0.15) is 0 Å². The third kappa shape index (κ3) is 2.85. The average Bonchev–Trinajstić information content (AvgIpc) is 2.97. The number of hydrogen-bond donors (Lipinski definition) is 2. The van der Waals surface area contributed by atoms with Crippen molar-refractivity contribution in [3.63, 3.8) is 0 Å². The molecule has 0 amide bonds. The summed E-state index contributed by atoms with van der Waals surface area (Å²) in [5.74, 6) is -0.324. The minimum Gasteiger partial charge on any atom is -0.461 e. The fourth-order valence-electron chi connectivity index (χ4n) is 2.95. The van der Waals surface area contributed by atoms with Gasteiger partial charge in [-0.15, -0.1) is 0 Å². The van der Waals surface area contributed by atoms with Crippen molar-refractivity contribution in [3.05, 3.63) is 71.4 Å². The molecule has 1 atom stereocenters. The van der Waals surface area contributed by atoms with E-state index in [9.17, 15) is 4.79 Å². The van der Waals surface area contributed by atoms with E-state index >= 15 is 0 Å². The minimum absolute atomic E-state index is 0.0910. The van der Waals surface area contributed by atoms with Gasteiger partial charge >= 0.3 is 5.97 Å². The maximum absolute atomic E-state index is 12.4. The van der Waals surface area contributed by atoms with Crippen LogP contribution in [0, 0.1) is 0 Å². The van der Waals surface area contributed by atoms with Gasteiger partial charge in [0.05, 0.1) is 12.6 Å². The van der Waals surface area contributed by atoms with E-state index in [1.165, 1.54) is 0 Å². The molecular weight excluding hydrogens is 288 g/mol. The molecule has 0 fully saturated rings. The van der Waals surface area contributed by atoms with Gasteiger partial charge in [-0.3, -0.25) is 0 Å². The third-order valence-corrected chi connectivity index (χ3v) is 3.94. The summed E-state index contributed by atoms with van der Waals surface area (Å²) in [6.45, 7) is 2.16. The summed E-state index contributed by atoms with van der Waals surface area (Å²) in [5.41, 5.74) is 3.47. The first kappa shape index (κ1) is 15.3. The number of ether oxygens (including phenoxy) is 1. The monoisotopic (exact) mass is 308 g/mol. The number of esters is 1. The van der Waals surface area contributed by atoms with Crippen molar-refractivity contribution in [2.75, 3.05) is 13.7 Å². The SMILES string of the molecule is CCOC(=O)c1[nH]c2ccccc2c1C(NC)c1ccccc1. The molecule has 0 aliphatic carbocycles. The molecule has 4 nitrogen and oxygen atoms in total. The van der Waals surface area contributed by atoms with Crippen molar-refractivity contribution in [1.29, 1.82) is 0 Å². The molecule has 0 aliphatic heterocycles. The van der Waals surface area contributed by atoms with Gasteiger partial charge < -0.3 is 15.0 Å². The summed E-state index contributed by atoms with van der Waals surface area (Å²) < 4.78 is 5.23. The second-order valence-electron chi connectivity index (χ2n) is 5.31. The van der Waals surface area contributed by atoms with E-state index in [0.29, 0.717) is 12.3 Å². The molecule has 0 saturated heterocycles. The Balaban J connectivity index is 2.21. The number of aromatic nitrogens is 1. The summed E-state index contributed by atoms with van der Waals surface area (Å²) in [6.07, 6.45) is 0. The summed E-state index contributed by atoms with van der Waals surface area (Å²) in [4.78, 5) is 15.6. The zero-order chi connectivity index (χ0) is 16.2. The highest BCUT2D eigenvalue weighted by Gasteiger charge is 2.25. The van der Waals surface area contributed by atoms with Crippen LogP contribution in [-0.4, -0.2) is 24.6 Å². The zero-order valence-electron chi connectivity index (χ0n) is 13.3. The smallest absolute Gasteiger partial charge is 0.355 e. The largest absolute Gasteiger partial charge is 0.461 e. The lowest BCUT2D eigenvalue weighted by Gasteiger charge is -2.18. The van der Waals surface area contributed by atoms with Crippen molar-refractivity contribution in [2.45, 2.75) is 13.0 Å². The number of hydrogen-bond acceptors (Lipinski definition) is 3.